The minimum Gasteiger partial charge on any atom is -0.511 e. The highest BCUT2D eigenvalue weighted by molar-refractivity contribution is 7.14. The van der Waals surface area contributed by atoms with Gasteiger partial charge in [0.15, 0.2) is 22.4 Å². The van der Waals surface area contributed by atoms with Crippen LogP contribution < -0.4 is 16.8 Å². The summed E-state index contributed by atoms with van der Waals surface area (Å²) in [6.45, 7) is 1.69. The summed E-state index contributed by atoms with van der Waals surface area (Å²) in [5, 5.41) is 49.5. The molecule has 3 aliphatic carbocycles. The molecule has 0 aliphatic heterocycles. The van der Waals surface area contributed by atoms with Crippen molar-refractivity contribution in [1.82, 2.24) is 4.98 Å². The number of aromatic nitrogens is 1. The van der Waals surface area contributed by atoms with Crippen LogP contribution in [-0.4, -0.2) is 55.0 Å². The van der Waals surface area contributed by atoms with E-state index in [1.165, 1.54) is 23.5 Å². The Bertz CT molecular complexity index is 1750. The maximum Gasteiger partial charge on any atom is 0.255 e. The third-order valence-electron chi connectivity index (χ3n) is 8.41. The van der Waals surface area contributed by atoms with Crippen molar-refractivity contribution >= 4 is 39.6 Å². The Morgan fingerprint density at radius 3 is 2.43 bits per heavy atom. The number of phenols is 1. The molecule has 6 atom stereocenters. The lowest BCUT2D eigenvalue weighted by molar-refractivity contribution is -0.129. The molecule has 9 N–H and O–H groups in total. The van der Waals surface area contributed by atoms with Gasteiger partial charge in [0.1, 0.15) is 22.9 Å². The lowest BCUT2D eigenvalue weighted by atomic mass is 9.57. The molecule has 216 valence electrons. The van der Waals surface area contributed by atoms with E-state index in [1.54, 1.807) is 36.6 Å². The molecule has 13 heteroatoms. The monoisotopic (exact) mass is 592 g/mol. The number of thiazole rings is 1. The number of carbonyl (C=O) groups excluding carboxylic acids is 3. The minimum absolute atomic E-state index is 0.132. The van der Waals surface area contributed by atoms with Crippen LogP contribution in [0, 0.1) is 23.6 Å². The lowest BCUT2D eigenvalue weighted by Crippen LogP contribution is -2.58. The highest BCUT2D eigenvalue weighted by Gasteiger charge is 2.58. The molecule has 2 aromatic carbocycles. The van der Waals surface area contributed by atoms with Gasteiger partial charge in [0.05, 0.1) is 35.0 Å². The van der Waals surface area contributed by atoms with E-state index >= 15 is 0 Å². The number of aromatic hydroxyl groups is 1. The van der Waals surface area contributed by atoms with Gasteiger partial charge in [-0.1, -0.05) is 13.0 Å². The zero-order valence-electron chi connectivity index (χ0n) is 21.9. The number of nitrogens with one attached hydrogen (secondary N) is 1. The largest absolute Gasteiger partial charge is 0.511 e. The number of benzene rings is 2. The zero-order valence-corrected chi connectivity index (χ0v) is 22.7. The van der Waals surface area contributed by atoms with Crippen molar-refractivity contribution in [2.45, 2.75) is 25.0 Å². The van der Waals surface area contributed by atoms with Crippen molar-refractivity contribution in [2.24, 2.45) is 29.2 Å². The fourth-order valence-electron chi connectivity index (χ4n) is 6.39. The van der Waals surface area contributed by atoms with Crippen LogP contribution in [-0.2, 0) is 9.59 Å². The number of rotatable bonds is 4. The fourth-order valence-corrected chi connectivity index (χ4v) is 7.12. The molecule has 3 unspecified atom stereocenters. The highest BCUT2D eigenvalue weighted by atomic mass is 32.1. The Balaban J connectivity index is 1.40. The van der Waals surface area contributed by atoms with E-state index in [1.807, 2.05) is 0 Å². The normalized spacial score (nSPS) is 27.0. The Morgan fingerprint density at radius 1 is 1.07 bits per heavy atom. The molecule has 11 nitrogen and oxygen atoms in total. The number of nitrogens with zero attached hydrogens (tertiary/aromatic N) is 1. The third-order valence-corrected chi connectivity index (χ3v) is 9.17. The van der Waals surface area contributed by atoms with Crippen molar-refractivity contribution in [2.75, 3.05) is 5.32 Å². The Morgan fingerprint density at radius 2 is 1.76 bits per heavy atom. The first-order chi connectivity index (χ1) is 19.9. The van der Waals surface area contributed by atoms with Crippen molar-refractivity contribution in [1.29, 1.82) is 0 Å². The van der Waals surface area contributed by atoms with Gasteiger partial charge in [-0.3, -0.25) is 14.4 Å². The molecule has 1 aromatic heterocycles. The van der Waals surface area contributed by atoms with E-state index in [4.69, 9.17) is 11.5 Å². The van der Waals surface area contributed by atoms with Gasteiger partial charge >= 0.3 is 0 Å². The summed E-state index contributed by atoms with van der Waals surface area (Å²) in [5.74, 6) is -9.89. The van der Waals surface area contributed by atoms with Gasteiger partial charge < -0.3 is 37.2 Å². The quantitative estimate of drug-likeness (QED) is 0.174. The summed E-state index contributed by atoms with van der Waals surface area (Å²) >= 11 is 1.22. The second-order valence-corrected chi connectivity index (χ2v) is 11.5. The number of aliphatic hydroxyl groups is 3. The number of carbonyl (C=O) groups is 3. The first kappa shape index (κ1) is 27.6. The van der Waals surface area contributed by atoms with Crippen LogP contribution >= 0.6 is 11.3 Å². The second-order valence-electron chi connectivity index (χ2n) is 10.6. The molecule has 3 aromatic rings. The van der Waals surface area contributed by atoms with Crippen molar-refractivity contribution in [3.8, 4) is 17.0 Å². The van der Waals surface area contributed by atoms with Gasteiger partial charge in [-0.15, -0.1) is 11.3 Å². The number of anilines is 2. The zero-order chi connectivity index (χ0) is 30.2. The molecule has 3 aliphatic rings. The number of halogens is 1. The smallest absolute Gasteiger partial charge is 0.255 e. The number of nitrogens with two attached hydrogens (primary N) is 2. The standard InChI is InChI=1S/C29H25FN4O7S/c1-9-12-6-7-13(33-29-34-14(8-42-29)10-2-4-11(30)5-3-10)22(35)16(12)24(37)18-15(9)23(36)17-19(25(18)38)26(39)20(28(32)41)27(40)21(17)31/h2-9,15,17,19,21,23,35-36,38,40H,31H2,1H3,(H2,32,41)(H,33,34)/t9-,15?,17?,19?,21-,23-/m0/s1. The summed E-state index contributed by atoms with van der Waals surface area (Å²) in [5.41, 5.74) is 12.0. The van der Waals surface area contributed by atoms with E-state index in [-0.39, 0.29) is 22.6 Å². The predicted molar refractivity (Wildman–Crippen MR) is 150 cm³/mol. The van der Waals surface area contributed by atoms with Gasteiger partial charge in [0.2, 0.25) is 0 Å². The maximum atomic E-state index is 13.9. The van der Waals surface area contributed by atoms with Gasteiger partial charge in [0.25, 0.3) is 5.91 Å². The number of amides is 1. The fraction of sp³-hybridized carbons (Fsp3) is 0.241. The van der Waals surface area contributed by atoms with Gasteiger partial charge in [-0.05, 0) is 41.8 Å². The third kappa shape index (κ3) is 3.92. The van der Waals surface area contributed by atoms with Crippen molar-refractivity contribution < 1.29 is 39.2 Å². The molecule has 0 bridgehead atoms. The van der Waals surface area contributed by atoms with Crippen molar-refractivity contribution in [3.63, 3.8) is 0 Å². The Labute approximate surface area is 241 Å². The van der Waals surface area contributed by atoms with Crippen LogP contribution in [0.5, 0.6) is 5.75 Å². The second kappa shape index (κ2) is 9.76. The molecule has 1 amide bonds. The molecule has 1 heterocycles. The van der Waals surface area contributed by atoms with E-state index < -0.39 is 76.1 Å². The average molecular weight is 593 g/mol. The molecule has 42 heavy (non-hydrogen) atoms. The van der Waals surface area contributed by atoms with E-state index in [0.717, 1.165) is 0 Å². The summed E-state index contributed by atoms with van der Waals surface area (Å²) in [7, 11) is 0. The molecular formula is C29H25FN4O7S. The number of phenolic OH excluding ortho intramolecular Hbond substituents is 1. The van der Waals surface area contributed by atoms with E-state index in [2.05, 4.69) is 10.3 Å². The summed E-state index contributed by atoms with van der Waals surface area (Å²) < 4.78 is 13.3. The van der Waals surface area contributed by atoms with Gasteiger partial charge in [-0.25, -0.2) is 9.37 Å². The minimum atomic E-state index is -1.60. The Kier molecular flexibility index (Phi) is 6.40. The maximum absolute atomic E-state index is 13.9. The van der Waals surface area contributed by atoms with Crippen LogP contribution in [0.3, 0.4) is 0 Å². The summed E-state index contributed by atoms with van der Waals surface area (Å²) in [6, 6.07) is 7.54. The van der Waals surface area contributed by atoms with E-state index in [9.17, 15) is 39.2 Å². The van der Waals surface area contributed by atoms with Gasteiger partial charge in [0, 0.05) is 28.4 Å². The summed E-state index contributed by atoms with van der Waals surface area (Å²) in [6.07, 6.45) is -1.47. The Hall–Kier alpha value is -4.59. The molecule has 0 radical (unpaired) electrons. The van der Waals surface area contributed by atoms with Crippen LogP contribution in [0.4, 0.5) is 15.2 Å². The number of primary amides is 1. The number of hydrogen-bond acceptors (Lipinski definition) is 11. The van der Waals surface area contributed by atoms with Gasteiger partial charge in [-0.2, -0.15) is 0 Å². The SMILES string of the molecule is C[C@H]1c2ccc(Nc3nc(-c4ccc(F)cc4)cs3)c(O)c2C(=O)C2=C(O)C3C(=O)C(C(N)=O)=C(O)[C@@H](N)C3[C@@H](O)C21. The van der Waals surface area contributed by atoms with Crippen LogP contribution in [0.15, 0.2) is 64.4 Å². The number of Topliss-reactive ketones (excluding diaryl/α,β-unsaturated/α-hetero) is 2. The van der Waals surface area contributed by atoms with E-state index in [0.29, 0.717) is 22.0 Å². The number of aliphatic hydroxyl groups excluding tert-OH is 3. The van der Waals surface area contributed by atoms with Crippen LogP contribution in [0.2, 0.25) is 0 Å². The first-order valence-electron chi connectivity index (χ1n) is 12.9. The van der Waals surface area contributed by atoms with Crippen LogP contribution in [0.1, 0.15) is 28.8 Å². The number of fused-ring (bicyclic) bond motifs is 3. The molecule has 0 saturated carbocycles. The topological polar surface area (TPSA) is 209 Å². The molecular weight excluding hydrogens is 567 g/mol. The number of allylic oxidation sites excluding steroid dienone is 1. The highest BCUT2D eigenvalue weighted by Crippen LogP contribution is 2.54. The molecule has 0 saturated heterocycles. The molecule has 6 rings (SSSR count). The lowest BCUT2D eigenvalue weighted by Gasteiger charge is -2.48. The first-order valence-corrected chi connectivity index (χ1v) is 13.8. The molecule has 0 fully saturated rings. The number of hydrogen-bond donors (Lipinski definition) is 7. The number of ketones is 2. The average Bonchev–Trinajstić information content (AvgIpc) is 3.41. The molecule has 0 spiro atoms. The summed E-state index contributed by atoms with van der Waals surface area (Å²) in [4.78, 5) is 43.5. The van der Waals surface area contributed by atoms with Crippen molar-refractivity contribution in [3.05, 3.63) is 81.4 Å². The predicted octanol–water partition coefficient (Wildman–Crippen LogP) is 2.94. The van der Waals surface area contributed by atoms with Crippen LogP contribution in [0.25, 0.3) is 11.3 Å².